The molecule has 3 rings (SSSR count). The maximum Gasteiger partial charge on any atom is 0.309 e. The molecule has 2 aromatic rings. The maximum absolute atomic E-state index is 12.5. The number of nitrogens with one attached hydrogen (secondary N) is 1. The Kier molecular flexibility index (Phi) is 7.06. The van der Waals surface area contributed by atoms with Gasteiger partial charge in [0.25, 0.3) is 5.91 Å². The van der Waals surface area contributed by atoms with Crippen molar-refractivity contribution >= 4 is 11.9 Å². The number of carbonyl (C=O) groups excluding carboxylic acids is 2. The molecule has 1 aliphatic carbocycles. The highest BCUT2D eigenvalue weighted by Gasteiger charge is 2.24. The highest BCUT2D eigenvalue weighted by atomic mass is 16.5. The van der Waals surface area contributed by atoms with Gasteiger partial charge in [0.05, 0.1) is 19.1 Å². The van der Waals surface area contributed by atoms with Gasteiger partial charge in [0, 0.05) is 0 Å². The molecule has 0 saturated heterocycles. The van der Waals surface area contributed by atoms with Crippen LogP contribution in [0.4, 0.5) is 0 Å². The number of benzene rings is 2. The molecule has 1 saturated carbocycles. The summed E-state index contributed by atoms with van der Waals surface area (Å²) in [7, 11) is 1.62. The van der Waals surface area contributed by atoms with Crippen molar-refractivity contribution < 1.29 is 19.1 Å². The Bertz CT molecular complexity index is 767. The number of carbonyl (C=O) groups is 2. The van der Waals surface area contributed by atoms with E-state index < -0.39 is 0 Å². The molecular formula is C23H27NO4. The Labute approximate surface area is 166 Å². The normalized spacial score (nSPS) is 15.5. The van der Waals surface area contributed by atoms with Crippen molar-refractivity contribution in [3.05, 3.63) is 65.7 Å². The zero-order valence-electron chi connectivity index (χ0n) is 16.2. The number of hydrogen-bond acceptors (Lipinski definition) is 4. The molecular weight excluding hydrogens is 354 g/mol. The topological polar surface area (TPSA) is 64.6 Å². The molecule has 0 aliphatic heterocycles. The minimum Gasteiger partial charge on any atom is -0.497 e. The van der Waals surface area contributed by atoms with Crippen LogP contribution in [0, 0.1) is 5.92 Å². The Morgan fingerprint density at radius 3 is 2.25 bits per heavy atom. The second kappa shape index (κ2) is 9.93. The van der Waals surface area contributed by atoms with Gasteiger partial charge in [-0.2, -0.15) is 0 Å². The first kappa shape index (κ1) is 19.9. The highest BCUT2D eigenvalue weighted by Crippen LogP contribution is 2.25. The summed E-state index contributed by atoms with van der Waals surface area (Å²) in [6.07, 6.45) is 5.00. The van der Waals surface area contributed by atoms with Crippen molar-refractivity contribution in [3.8, 4) is 5.75 Å². The van der Waals surface area contributed by atoms with Crippen LogP contribution in [0.3, 0.4) is 0 Å². The minimum absolute atomic E-state index is 0.0620. The number of methoxy groups -OCH3 is 1. The van der Waals surface area contributed by atoms with Gasteiger partial charge in [0.1, 0.15) is 5.75 Å². The molecule has 0 unspecified atom stereocenters. The van der Waals surface area contributed by atoms with Gasteiger partial charge < -0.3 is 14.8 Å². The number of amides is 1. The summed E-state index contributed by atoms with van der Waals surface area (Å²) < 4.78 is 10.5. The van der Waals surface area contributed by atoms with Crippen molar-refractivity contribution in [1.82, 2.24) is 5.32 Å². The van der Waals surface area contributed by atoms with Crippen molar-refractivity contribution in [1.29, 1.82) is 0 Å². The predicted molar refractivity (Wildman–Crippen MR) is 107 cm³/mol. The summed E-state index contributed by atoms with van der Waals surface area (Å²) in [5.41, 5.74) is 1.89. The lowest BCUT2D eigenvalue weighted by Crippen LogP contribution is -2.34. The molecule has 0 heterocycles. The molecule has 5 heteroatoms. The van der Waals surface area contributed by atoms with Gasteiger partial charge in [-0.3, -0.25) is 9.59 Å². The van der Waals surface area contributed by atoms with Gasteiger partial charge in [0.15, 0.2) is 6.61 Å². The van der Waals surface area contributed by atoms with E-state index in [4.69, 9.17) is 9.47 Å². The minimum atomic E-state index is -0.326. The van der Waals surface area contributed by atoms with Crippen molar-refractivity contribution in [2.45, 2.75) is 38.1 Å². The summed E-state index contributed by atoms with van der Waals surface area (Å²) in [5, 5.41) is 2.99. The van der Waals surface area contributed by atoms with E-state index in [1.54, 1.807) is 7.11 Å². The third kappa shape index (κ3) is 5.35. The van der Waals surface area contributed by atoms with E-state index in [9.17, 15) is 9.59 Å². The number of esters is 1. The fraction of sp³-hybridized carbons (Fsp3) is 0.391. The monoisotopic (exact) mass is 381 g/mol. The molecule has 1 aliphatic rings. The first-order valence-corrected chi connectivity index (χ1v) is 9.82. The van der Waals surface area contributed by atoms with Crippen LogP contribution in [-0.4, -0.2) is 25.6 Å². The molecule has 0 aromatic heterocycles. The summed E-state index contributed by atoms with van der Waals surface area (Å²) >= 11 is 0. The van der Waals surface area contributed by atoms with Crippen LogP contribution in [0.5, 0.6) is 5.75 Å². The third-order valence-corrected chi connectivity index (χ3v) is 5.17. The molecule has 148 valence electrons. The second-order valence-electron chi connectivity index (χ2n) is 7.13. The average molecular weight is 381 g/mol. The molecule has 1 atom stereocenters. The van der Waals surface area contributed by atoms with Crippen LogP contribution < -0.4 is 10.1 Å². The Balaban J connectivity index is 1.65. The fourth-order valence-electron chi connectivity index (χ4n) is 3.60. The quantitative estimate of drug-likeness (QED) is 0.736. The highest BCUT2D eigenvalue weighted by molar-refractivity contribution is 5.82. The first-order chi connectivity index (χ1) is 13.7. The van der Waals surface area contributed by atoms with Gasteiger partial charge in [-0.1, -0.05) is 61.7 Å². The maximum atomic E-state index is 12.5. The van der Waals surface area contributed by atoms with E-state index in [2.05, 4.69) is 5.32 Å². The van der Waals surface area contributed by atoms with Crippen LogP contribution in [0.25, 0.3) is 0 Å². The van der Waals surface area contributed by atoms with Crippen LogP contribution in [-0.2, 0) is 14.3 Å². The number of hydrogen-bond donors (Lipinski definition) is 1. The molecule has 0 radical (unpaired) electrons. The van der Waals surface area contributed by atoms with Crippen LogP contribution in [0.15, 0.2) is 54.6 Å². The van der Waals surface area contributed by atoms with Gasteiger partial charge >= 0.3 is 5.97 Å². The largest absolute Gasteiger partial charge is 0.497 e. The van der Waals surface area contributed by atoms with E-state index in [-0.39, 0.29) is 30.4 Å². The van der Waals surface area contributed by atoms with Gasteiger partial charge in [-0.05, 0) is 36.1 Å². The van der Waals surface area contributed by atoms with E-state index in [0.717, 1.165) is 42.6 Å². The summed E-state index contributed by atoms with van der Waals surface area (Å²) in [6, 6.07) is 17.0. The van der Waals surface area contributed by atoms with E-state index in [0.29, 0.717) is 0 Å². The summed E-state index contributed by atoms with van der Waals surface area (Å²) in [5.74, 6) is 0.126. The van der Waals surface area contributed by atoms with Gasteiger partial charge in [0.2, 0.25) is 0 Å². The molecule has 1 fully saturated rings. The molecule has 2 aromatic carbocycles. The van der Waals surface area contributed by atoms with Crippen molar-refractivity contribution in [2.75, 3.05) is 13.7 Å². The second-order valence-corrected chi connectivity index (χ2v) is 7.13. The standard InChI is InChI=1S/C23H27NO4/c1-27-20-14-12-18(13-15-20)22(17-8-4-2-5-9-17)24-21(25)16-28-23(26)19-10-6-3-7-11-19/h2,4-5,8-9,12-15,19,22H,3,6-7,10-11,16H2,1H3,(H,24,25)/t22-/m1/s1. The van der Waals surface area contributed by atoms with Crippen molar-refractivity contribution in [2.24, 2.45) is 5.92 Å². The zero-order valence-corrected chi connectivity index (χ0v) is 16.2. The van der Waals surface area contributed by atoms with Gasteiger partial charge in [-0.15, -0.1) is 0 Å². The predicted octanol–water partition coefficient (Wildman–Crippen LogP) is 4.02. The third-order valence-electron chi connectivity index (χ3n) is 5.17. The first-order valence-electron chi connectivity index (χ1n) is 9.82. The zero-order chi connectivity index (χ0) is 19.8. The van der Waals surface area contributed by atoms with Crippen LogP contribution in [0.1, 0.15) is 49.3 Å². The molecule has 1 N–H and O–H groups in total. The Hall–Kier alpha value is -2.82. The summed E-state index contributed by atoms with van der Waals surface area (Å²) in [6.45, 7) is -0.255. The van der Waals surface area contributed by atoms with Crippen molar-refractivity contribution in [3.63, 3.8) is 0 Å². The average Bonchev–Trinajstić information content (AvgIpc) is 2.77. The van der Waals surface area contributed by atoms with Gasteiger partial charge in [-0.25, -0.2) is 0 Å². The van der Waals surface area contributed by atoms with Crippen LogP contribution >= 0.6 is 0 Å². The molecule has 0 bridgehead atoms. The lowest BCUT2D eigenvalue weighted by atomic mass is 9.89. The molecule has 5 nitrogen and oxygen atoms in total. The SMILES string of the molecule is COc1ccc([C@H](NC(=O)COC(=O)C2CCCCC2)c2ccccc2)cc1. The van der Waals surface area contributed by atoms with E-state index in [1.165, 1.54) is 6.42 Å². The number of ether oxygens (including phenoxy) is 2. The van der Waals surface area contributed by atoms with E-state index >= 15 is 0 Å². The molecule has 1 amide bonds. The lowest BCUT2D eigenvalue weighted by molar-refractivity contribution is -0.153. The van der Waals surface area contributed by atoms with Crippen LogP contribution in [0.2, 0.25) is 0 Å². The lowest BCUT2D eigenvalue weighted by Gasteiger charge is -2.22. The summed E-state index contributed by atoms with van der Waals surface area (Å²) in [4.78, 5) is 24.7. The Morgan fingerprint density at radius 2 is 1.61 bits per heavy atom. The molecule has 28 heavy (non-hydrogen) atoms. The van der Waals surface area contributed by atoms with E-state index in [1.807, 2.05) is 54.6 Å². The number of rotatable bonds is 7. The smallest absolute Gasteiger partial charge is 0.309 e. The molecule has 0 spiro atoms. The Morgan fingerprint density at radius 1 is 0.964 bits per heavy atom. The fourth-order valence-corrected chi connectivity index (χ4v) is 3.60.